The molecule has 0 radical (unpaired) electrons. The molecule has 0 spiro atoms. The summed E-state index contributed by atoms with van der Waals surface area (Å²) in [5.74, 6) is 5.40. The molecule has 2 heterocycles. The summed E-state index contributed by atoms with van der Waals surface area (Å²) in [4.78, 5) is 11.5. The third-order valence-electron chi connectivity index (χ3n) is 4.06. The van der Waals surface area contributed by atoms with Crippen LogP contribution in [-0.4, -0.2) is 29.2 Å². The molecule has 3 rings (SSSR count). The summed E-state index contributed by atoms with van der Waals surface area (Å²) >= 11 is 0. The fourth-order valence-corrected chi connectivity index (χ4v) is 4.85. The summed E-state index contributed by atoms with van der Waals surface area (Å²) in [7, 11) is -7.64. The van der Waals surface area contributed by atoms with Gasteiger partial charge in [-0.15, -0.1) is 0 Å². The molecular weight excluding hydrogens is 418 g/mol. The van der Waals surface area contributed by atoms with E-state index in [1.54, 1.807) is 0 Å². The quantitative estimate of drug-likeness (QED) is 0.308. The van der Waals surface area contributed by atoms with Crippen molar-refractivity contribution in [2.75, 3.05) is 12.4 Å². The van der Waals surface area contributed by atoms with Crippen LogP contribution in [0.2, 0.25) is 0 Å². The molecule has 0 unspecified atom stereocenters. The molecule has 10 heteroatoms. The van der Waals surface area contributed by atoms with Crippen LogP contribution in [-0.2, 0) is 29.9 Å². The van der Waals surface area contributed by atoms with Crippen molar-refractivity contribution in [1.29, 1.82) is 5.26 Å². The Morgan fingerprint density at radius 1 is 1.38 bits per heavy atom. The van der Waals surface area contributed by atoms with Gasteiger partial charge in [0.25, 0.3) is 0 Å². The summed E-state index contributed by atoms with van der Waals surface area (Å²) < 4.78 is 58.0. The summed E-state index contributed by atoms with van der Waals surface area (Å²) in [5.41, 5.74) is 0.0320. The number of hydrogen-bond acceptors (Lipinski definition) is 8. The van der Waals surface area contributed by atoms with Gasteiger partial charge in [0.1, 0.15) is 11.7 Å². The molecule has 0 saturated carbocycles. The van der Waals surface area contributed by atoms with Crippen LogP contribution in [0.1, 0.15) is 30.0 Å². The Morgan fingerprint density at radius 2 is 2.14 bits per heavy atom. The van der Waals surface area contributed by atoms with Crippen LogP contribution < -0.4 is 5.63 Å². The second-order valence-electron chi connectivity index (χ2n) is 6.16. The van der Waals surface area contributed by atoms with E-state index >= 15 is 0 Å². The van der Waals surface area contributed by atoms with Gasteiger partial charge < -0.3 is 4.42 Å². The van der Waals surface area contributed by atoms with Crippen LogP contribution in [0.3, 0.4) is 0 Å². The molecule has 0 bridgehead atoms. The Hall–Kier alpha value is -2.92. The highest BCUT2D eigenvalue weighted by Gasteiger charge is 2.20. The number of allylic oxidation sites excluding steroid dienone is 1. The largest absolute Gasteiger partial charge is 0.422 e. The summed E-state index contributed by atoms with van der Waals surface area (Å²) in [5, 5.41) is 9.51. The van der Waals surface area contributed by atoms with Crippen LogP contribution >= 0.6 is 0 Å². The molecule has 150 valence electrons. The van der Waals surface area contributed by atoms with Crippen molar-refractivity contribution >= 4 is 37.0 Å². The minimum absolute atomic E-state index is 0.0455. The summed E-state index contributed by atoms with van der Waals surface area (Å²) in [6.07, 6.45) is 1.09. The smallest absolute Gasteiger partial charge is 0.343 e. The van der Waals surface area contributed by atoms with Gasteiger partial charge in [0.2, 0.25) is 0 Å². The third kappa shape index (κ3) is 4.57. The zero-order valence-corrected chi connectivity index (χ0v) is 16.9. The van der Waals surface area contributed by atoms with Crippen molar-refractivity contribution in [3.8, 4) is 17.9 Å². The van der Waals surface area contributed by atoms with Crippen molar-refractivity contribution in [3.63, 3.8) is 0 Å². The maximum absolute atomic E-state index is 12.3. The lowest BCUT2D eigenvalue weighted by molar-refractivity contribution is 0.343. The van der Waals surface area contributed by atoms with Crippen molar-refractivity contribution in [2.24, 2.45) is 0 Å². The lowest BCUT2D eigenvalue weighted by Crippen LogP contribution is -2.12. The van der Waals surface area contributed by atoms with Gasteiger partial charge in [-0.3, -0.25) is 4.18 Å². The third-order valence-corrected chi connectivity index (χ3v) is 6.93. The Kier molecular flexibility index (Phi) is 5.62. The van der Waals surface area contributed by atoms with Gasteiger partial charge in [0.05, 0.1) is 23.7 Å². The zero-order chi connectivity index (χ0) is 21.2. The van der Waals surface area contributed by atoms with Crippen LogP contribution in [0.4, 0.5) is 0 Å². The second-order valence-corrected chi connectivity index (χ2v) is 9.93. The monoisotopic (exact) mass is 433 g/mol. The molecule has 0 amide bonds. The number of benzene rings is 1. The van der Waals surface area contributed by atoms with E-state index in [1.165, 1.54) is 31.2 Å². The van der Waals surface area contributed by atoms with E-state index in [2.05, 4.69) is 16.0 Å². The number of nitriles is 1. The first kappa shape index (κ1) is 20.8. The van der Waals surface area contributed by atoms with E-state index in [-0.39, 0.29) is 35.7 Å². The predicted molar refractivity (Wildman–Crippen MR) is 106 cm³/mol. The zero-order valence-electron chi connectivity index (χ0n) is 15.3. The highest BCUT2D eigenvalue weighted by molar-refractivity contribution is 7.91. The van der Waals surface area contributed by atoms with Gasteiger partial charge >= 0.3 is 15.7 Å². The molecule has 1 aliphatic rings. The van der Waals surface area contributed by atoms with Gasteiger partial charge in [-0.2, -0.15) is 13.7 Å². The second kappa shape index (κ2) is 7.84. The Bertz CT molecular complexity index is 1400. The first-order valence-electron chi connectivity index (χ1n) is 8.46. The number of sulfone groups is 1. The first-order valence-corrected chi connectivity index (χ1v) is 11.7. The maximum Gasteiger partial charge on any atom is 0.343 e. The average molecular weight is 433 g/mol. The van der Waals surface area contributed by atoms with Crippen LogP contribution in [0.5, 0.6) is 0 Å². The molecular formula is C19H15NO7S2. The van der Waals surface area contributed by atoms with Crippen molar-refractivity contribution in [1.82, 2.24) is 0 Å². The lowest BCUT2D eigenvalue weighted by atomic mass is 10.0. The molecule has 1 aliphatic heterocycles. The first-order chi connectivity index (χ1) is 13.6. The van der Waals surface area contributed by atoms with Crippen molar-refractivity contribution in [2.45, 2.75) is 19.1 Å². The molecule has 2 aromatic rings. The Balaban J connectivity index is 2.20. The average Bonchev–Trinajstić information content (AvgIpc) is 2.62. The van der Waals surface area contributed by atoms with E-state index in [9.17, 15) is 21.6 Å². The fourth-order valence-electron chi connectivity index (χ4n) is 2.76. The minimum Gasteiger partial charge on any atom is -0.422 e. The van der Waals surface area contributed by atoms with E-state index in [0.29, 0.717) is 16.5 Å². The highest BCUT2D eigenvalue weighted by atomic mass is 32.2. The fraction of sp³-hybridized carbons (Fsp3) is 0.263. The summed E-state index contributed by atoms with van der Waals surface area (Å²) in [6.45, 7) is 1.27. The molecule has 8 nitrogen and oxygen atoms in total. The number of hydrogen-bond donors (Lipinski definition) is 0. The molecule has 0 aliphatic carbocycles. The van der Waals surface area contributed by atoms with Gasteiger partial charge in [0, 0.05) is 17.4 Å². The van der Waals surface area contributed by atoms with E-state index < -0.39 is 30.5 Å². The summed E-state index contributed by atoms with van der Waals surface area (Å²) in [6, 6.07) is 5.84. The minimum atomic E-state index is -4.31. The standard InChI is InChI=1S/C19H15NO7S2/c1-2-26-29(24,25)17(11-20)9-15-7-14-8-16-12-28(22,23)6-4-3-5-13(16)10-18(14)27-19(15)21/h7-10H,2,4,6,12H2,1H3. The highest BCUT2D eigenvalue weighted by Crippen LogP contribution is 2.24. The maximum atomic E-state index is 12.3. The van der Waals surface area contributed by atoms with E-state index in [0.717, 1.165) is 6.08 Å². The molecule has 29 heavy (non-hydrogen) atoms. The molecule has 1 aromatic carbocycles. The molecule has 1 aromatic heterocycles. The van der Waals surface area contributed by atoms with Crippen LogP contribution in [0.25, 0.3) is 17.0 Å². The van der Waals surface area contributed by atoms with Gasteiger partial charge in [-0.05, 0) is 36.8 Å². The lowest BCUT2D eigenvalue weighted by Gasteiger charge is -2.10. The van der Waals surface area contributed by atoms with Crippen molar-refractivity contribution < 1.29 is 25.4 Å². The van der Waals surface area contributed by atoms with E-state index in [1.807, 2.05) is 0 Å². The number of fused-ring (bicyclic) bond motifs is 2. The topological polar surface area (TPSA) is 132 Å². The molecule has 0 atom stereocenters. The van der Waals surface area contributed by atoms with Crippen LogP contribution in [0, 0.1) is 23.2 Å². The predicted octanol–water partition coefficient (Wildman–Crippen LogP) is 1.69. The van der Waals surface area contributed by atoms with E-state index in [4.69, 9.17) is 9.68 Å². The van der Waals surface area contributed by atoms with Gasteiger partial charge in [0.15, 0.2) is 14.7 Å². The molecule has 0 saturated heterocycles. The SMILES string of the molecule is CCOS(=O)(=O)C(C#N)=Cc1cc2cc3c(cc2oc1=O)C#CCCS(=O)(=O)C3. The van der Waals surface area contributed by atoms with Gasteiger partial charge in [-0.25, -0.2) is 13.2 Å². The van der Waals surface area contributed by atoms with Crippen LogP contribution in [0.15, 0.2) is 32.3 Å². The normalized spacial score (nSPS) is 16.1. The number of rotatable bonds is 4. The molecule has 0 N–H and O–H groups in total. The van der Waals surface area contributed by atoms with Crippen molar-refractivity contribution in [3.05, 3.63) is 50.2 Å². The van der Waals surface area contributed by atoms with Gasteiger partial charge in [-0.1, -0.05) is 11.8 Å². The Labute approximate surface area is 167 Å². The Morgan fingerprint density at radius 3 is 2.83 bits per heavy atom. The molecule has 0 fully saturated rings. The number of nitrogens with zero attached hydrogens (tertiary/aromatic N) is 1.